The first-order valence-corrected chi connectivity index (χ1v) is 19.9. The van der Waals surface area contributed by atoms with Crippen LogP contribution >= 0.6 is 96.0 Å². The molecule has 0 aliphatic rings. The van der Waals surface area contributed by atoms with E-state index in [1.165, 1.54) is 23.5 Å². The number of alkyl halides is 2. The number of nitrogens with zero attached hydrogens (tertiary/aromatic N) is 8. The lowest BCUT2D eigenvalue weighted by Crippen LogP contribution is -2.18. The largest absolute Gasteiger partial charge is 0.379 e. The van der Waals surface area contributed by atoms with Crippen molar-refractivity contribution in [2.24, 2.45) is 34.4 Å². The molecule has 4 heterocycles. The molecule has 0 aliphatic carbocycles. The maximum Gasteiger partial charge on any atom is 0.160 e. The van der Waals surface area contributed by atoms with E-state index in [0.29, 0.717) is 48.9 Å². The van der Waals surface area contributed by atoms with Crippen LogP contribution in [0.3, 0.4) is 0 Å². The molecule has 16 nitrogen and oxygen atoms in total. The minimum absolute atomic E-state index is 0. The van der Waals surface area contributed by atoms with Gasteiger partial charge in [0.15, 0.2) is 20.6 Å². The standard InChI is InChI=1S/2C9H10N4S.2C8H7ClN2.2CH4N2S.2ClH/c10-3-1-7-5-13-4-2-8(7)6-14-9(11)12;10-4-3-8-7(2-1-5-13-8)6-14-9(11)12;9-5-7-2-4-11-6-8(7)1-3-10;9-6-7-2-1-5-11-8(7)3-4-10;2*2-1(3)4;;/h2,4-5H,1,6H2,(H3,11,12);1-2,5H,3,6H2,(H3,11,12);2,4,6H,1,5H2;1-2,5H,3,6H2;2*(H4,2,3,4);2*1H. The summed E-state index contributed by atoms with van der Waals surface area (Å²) in [5, 5.41) is 48.3. The third kappa shape index (κ3) is 33.7. The summed E-state index contributed by atoms with van der Waals surface area (Å²) >= 11 is 21.9. The zero-order valence-corrected chi connectivity index (χ0v) is 38.2. The van der Waals surface area contributed by atoms with Crippen LogP contribution in [-0.4, -0.2) is 40.5 Å². The van der Waals surface area contributed by atoms with E-state index in [0.717, 1.165) is 44.8 Å². The summed E-state index contributed by atoms with van der Waals surface area (Å²) in [4.78, 5) is 16.0. The molecule has 0 saturated carbocycles. The molecule has 0 aromatic carbocycles. The van der Waals surface area contributed by atoms with Crippen molar-refractivity contribution >= 4 is 117 Å². The quantitative estimate of drug-likeness (QED) is 0.0418. The fourth-order valence-electron chi connectivity index (χ4n) is 3.65. The molecular weight excluding hydrogens is 927 g/mol. The Kier molecular flexibility index (Phi) is 41.5. The fraction of sp³-hybridized carbons (Fsp3) is 0.222. The first kappa shape index (κ1) is 61.4. The van der Waals surface area contributed by atoms with Crippen molar-refractivity contribution < 1.29 is 0 Å². The monoisotopic (exact) mass is 968 g/mol. The molecule has 0 amide bonds. The van der Waals surface area contributed by atoms with Crippen molar-refractivity contribution in [1.82, 2.24) is 19.9 Å². The highest BCUT2D eigenvalue weighted by molar-refractivity contribution is 8.13. The maximum absolute atomic E-state index is 8.57. The van der Waals surface area contributed by atoms with E-state index < -0.39 is 0 Å². The van der Waals surface area contributed by atoms with Gasteiger partial charge in [-0.2, -0.15) is 21.0 Å². The SMILES string of the molecule is Cl.Cl.N#CCc1cnccc1CCl.N#CCc1cnccc1CSC(=N)N.N#CCc1ncccc1CCl.N#CCc1ncccc1CSC(=N)N.NC(N)=S.NC(N)=S. The first-order valence-electron chi connectivity index (χ1n) is 16.0. The highest BCUT2D eigenvalue weighted by Crippen LogP contribution is 2.16. The van der Waals surface area contributed by atoms with Crippen molar-refractivity contribution in [3.8, 4) is 24.3 Å². The maximum atomic E-state index is 8.57. The van der Waals surface area contributed by atoms with Crippen molar-refractivity contribution in [2.45, 2.75) is 48.9 Å². The number of nitriles is 4. The van der Waals surface area contributed by atoms with E-state index in [1.54, 1.807) is 37.2 Å². The van der Waals surface area contributed by atoms with Crippen molar-refractivity contribution in [3.05, 3.63) is 118 Å². The van der Waals surface area contributed by atoms with Gasteiger partial charge in [0.25, 0.3) is 0 Å². The molecule has 0 saturated heterocycles. The van der Waals surface area contributed by atoms with E-state index in [-0.39, 0.29) is 45.4 Å². The normalized spacial score (nSPS) is 8.50. The fourth-order valence-corrected chi connectivity index (χ4v) is 5.32. The predicted octanol–water partition coefficient (Wildman–Crippen LogP) is 5.54. The number of thioether (sulfide) groups is 2. The molecule has 4 aromatic heterocycles. The summed E-state index contributed by atoms with van der Waals surface area (Å²) in [6, 6.07) is 19.3. The van der Waals surface area contributed by atoms with Gasteiger partial charge in [-0.3, -0.25) is 30.8 Å². The Balaban J connectivity index is -0.000000326. The number of pyridine rings is 4. The second-order valence-corrected chi connectivity index (χ2v) is 13.7. The Hall–Kier alpha value is -5.26. The van der Waals surface area contributed by atoms with Crippen molar-refractivity contribution in [3.63, 3.8) is 0 Å². The molecular formula is C36H44Cl4N16S4. The minimum atomic E-state index is 0. The number of thiocarbonyl (C=S) groups is 2. The number of rotatable bonds is 10. The van der Waals surface area contributed by atoms with Crippen molar-refractivity contribution in [1.29, 1.82) is 31.9 Å². The molecule has 0 radical (unpaired) electrons. The van der Waals surface area contributed by atoms with Crippen LogP contribution < -0.4 is 34.4 Å². The van der Waals surface area contributed by atoms with Gasteiger partial charge >= 0.3 is 0 Å². The lowest BCUT2D eigenvalue weighted by atomic mass is 10.1. The van der Waals surface area contributed by atoms with E-state index in [9.17, 15) is 0 Å². The molecule has 60 heavy (non-hydrogen) atoms. The summed E-state index contributed by atoms with van der Waals surface area (Å²) in [5.41, 5.74) is 36.2. The number of hydrogen-bond acceptors (Lipinski definition) is 14. The molecule has 0 atom stereocenters. The summed E-state index contributed by atoms with van der Waals surface area (Å²) in [5.74, 6) is 2.08. The molecule has 4 aromatic rings. The van der Waals surface area contributed by atoms with Gasteiger partial charge < -0.3 is 34.4 Å². The number of halogens is 4. The van der Waals surface area contributed by atoms with Crippen LogP contribution in [-0.2, 0) is 48.9 Å². The molecule has 320 valence electrons. The van der Waals surface area contributed by atoms with Gasteiger partial charge in [-0.1, -0.05) is 35.7 Å². The molecule has 0 unspecified atom stereocenters. The molecule has 14 N–H and O–H groups in total. The lowest BCUT2D eigenvalue weighted by Gasteiger charge is -2.04. The Morgan fingerprint density at radius 3 is 1.28 bits per heavy atom. The predicted molar refractivity (Wildman–Crippen MR) is 256 cm³/mol. The Morgan fingerprint density at radius 1 is 0.550 bits per heavy atom. The van der Waals surface area contributed by atoms with Crippen molar-refractivity contribution in [2.75, 3.05) is 0 Å². The van der Waals surface area contributed by atoms with Gasteiger partial charge in [0.2, 0.25) is 0 Å². The molecule has 4 rings (SSSR count). The summed E-state index contributed by atoms with van der Waals surface area (Å²) < 4.78 is 0. The third-order valence-electron chi connectivity index (χ3n) is 6.06. The topological polar surface area (TPSA) is 351 Å². The molecule has 0 spiro atoms. The summed E-state index contributed by atoms with van der Waals surface area (Å²) in [6.45, 7) is 0. The number of amidine groups is 2. The number of nitrogens with two attached hydrogens (primary N) is 6. The summed E-state index contributed by atoms with van der Waals surface area (Å²) in [6.07, 6.45) is 11.4. The second kappa shape index (κ2) is 40.5. The zero-order valence-electron chi connectivity index (χ0n) is 31.8. The lowest BCUT2D eigenvalue weighted by molar-refractivity contribution is 1.07. The highest BCUT2D eigenvalue weighted by Gasteiger charge is 2.04. The summed E-state index contributed by atoms with van der Waals surface area (Å²) in [7, 11) is 0. The second-order valence-electron chi connectivity index (χ2n) is 10.2. The van der Waals surface area contributed by atoms with E-state index in [4.69, 9.17) is 66.5 Å². The average Bonchev–Trinajstić information content (AvgIpc) is 3.18. The Morgan fingerprint density at radius 2 is 0.900 bits per heavy atom. The van der Waals surface area contributed by atoms with Crippen LogP contribution in [0.1, 0.15) is 44.8 Å². The zero-order chi connectivity index (χ0) is 44.1. The molecule has 0 bridgehead atoms. The number of aromatic nitrogens is 4. The van der Waals surface area contributed by atoms with Crippen LogP contribution in [0.4, 0.5) is 0 Å². The third-order valence-corrected chi connectivity index (χ3v) is 8.17. The Labute approximate surface area is 391 Å². The number of nitrogens with one attached hydrogen (secondary N) is 2. The van der Waals surface area contributed by atoms with Gasteiger partial charge in [0.1, 0.15) is 0 Å². The van der Waals surface area contributed by atoms with E-state index in [1.807, 2.05) is 42.5 Å². The van der Waals surface area contributed by atoms with Crippen LogP contribution in [0.2, 0.25) is 0 Å². The molecule has 24 heteroatoms. The molecule has 0 aliphatic heterocycles. The first-order chi connectivity index (χ1) is 27.7. The van der Waals surface area contributed by atoms with Crippen LogP contribution in [0.5, 0.6) is 0 Å². The Bertz CT molecular complexity index is 1900. The van der Waals surface area contributed by atoms with Crippen LogP contribution in [0.15, 0.2) is 73.6 Å². The highest BCUT2D eigenvalue weighted by atomic mass is 35.5. The number of hydrogen-bond donors (Lipinski definition) is 8. The smallest absolute Gasteiger partial charge is 0.160 e. The van der Waals surface area contributed by atoms with E-state index >= 15 is 0 Å². The van der Waals surface area contributed by atoms with Gasteiger partial charge in [-0.05, 0) is 82.1 Å². The van der Waals surface area contributed by atoms with Crippen LogP contribution in [0, 0.1) is 56.1 Å². The van der Waals surface area contributed by atoms with Gasteiger partial charge in [0.05, 0.1) is 61.3 Å². The van der Waals surface area contributed by atoms with Gasteiger partial charge in [-0.15, -0.1) is 48.0 Å². The van der Waals surface area contributed by atoms with E-state index in [2.05, 4.69) is 85.5 Å². The van der Waals surface area contributed by atoms with Gasteiger partial charge in [-0.25, -0.2) is 0 Å². The van der Waals surface area contributed by atoms with Gasteiger partial charge in [0, 0.05) is 60.4 Å². The minimum Gasteiger partial charge on any atom is -0.379 e. The average molecular weight is 971 g/mol. The van der Waals surface area contributed by atoms with Crippen LogP contribution in [0.25, 0.3) is 0 Å². The molecule has 0 fully saturated rings.